The van der Waals surface area contributed by atoms with Crippen molar-refractivity contribution in [1.82, 2.24) is 15.8 Å². The van der Waals surface area contributed by atoms with Gasteiger partial charge in [-0.15, -0.1) is 0 Å². The van der Waals surface area contributed by atoms with Crippen LogP contribution in [0.15, 0.2) is 24.5 Å². The van der Waals surface area contributed by atoms with Gasteiger partial charge in [0.25, 0.3) is 5.91 Å². The Hall–Kier alpha value is -1.62. The van der Waals surface area contributed by atoms with Gasteiger partial charge >= 0.3 is 0 Å². The Labute approximate surface area is 120 Å². The van der Waals surface area contributed by atoms with Crippen molar-refractivity contribution in [3.8, 4) is 0 Å². The Morgan fingerprint density at radius 2 is 2.05 bits per heavy atom. The molecule has 5 atom stereocenters. The summed E-state index contributed by atoms with van der Waals surface area (Å²) in [5, 5.41) is 38.0. The molecule has 6 N–H and O–H groups in total. The van der Waals surface area contributed by atoms with Gasteiger partial charge in [-0.3, -0.25) is 15.2 Å². The molecule has 0 aliphatic carbocycles. The second-order valence-electron chi connectivity index (χ2n) is 4.59. The summed E-state index contributed by atoms with van der Waals surface area (Å²) >= 11 is 0. The first-order chi connectivity index (χ1) is 10.0. The van der Waals surface area contributed by atoms with Gasteiger partial charge in [0.15, 0.2) is 6.23 Å². The van der Waals surface area contributed by atoms with E-state index in [1.807, 2.05) is 0 Å². The molecule has 1 saturated heterocycles. The van der Waals surface area contributed by atoms with Gasteiger partial charge in [0.2, 0.25) is 0 Å². The third-order valence-electron chi connectivity index (χ3n) is 3.14. The second-order valence-corrected chi connectivity index (χ2v) is 4.59. The van der Waals surface area contributed by atoms with Crippen LogP contribution in [-0.2, 0) is 4.74 Å². The fraction of sp³-hybridized carbons (Fsp3) is 0.500. The number of nitrogens with one attached hydrogen (secondary N) is 2. The maximum absolute atomic E-state index is 11.8. The smallest absolute Gasteiger partial charge is 0.267 e. The van der Waals surface area contributed by atoms with Crippen molar-refractivity contribution in [1.29, 1.82) is 0 Å². The Bertz CT molecular complexity index is 471. The molecule has 1 aromatic heterocycles. The molecule has 21 heavy (non-hydrogen) atoms. The lowest BCUT2D eigenvalue weighted by Gasteiger charge is -2.40. The van der Waals surface area contributed by atoms with Crippen LogP contribution < -0.4 is 10.9 Å². The first-order valence-corrected chi connectivity index (χ1v) is 6.31. The van der Waals surface area contributed by atoms with E-state index in [1.54, 1.807) is 6.07 Å². The highest BCUT2D eigenvalue weighted by Crippen LogP contribution is 2.19. The van der Waals surface area contributed by atoms with Crippen LogP contribution >= 0.6 is 0 Å². The minimum atomic E-state index is -1.51. The molecule has 9 nitrogen and oxygen atoms in total. The quantitative estimate of drug-likeness (QED) is 0.325. The van der Waals surface area contributed by atoms with Crippen LogP contribution in [-0.4, -0.2) is 68.6 Å². The molecular weight excluding hydrogens is 282 g/mol. The number of carbonyl (C=O) groups excluding carboxylic acids is 1. The molecule has 0 unspecified atom stereocenters. The van der Waals surface area contributed by atoms with E-state index in [9.17, 15) is 20.1 Å². The van der Waals surface area contributed by atoms with Crippen molar-refractivity contribution in [2.24, 2.45) is 0 Å². The highest BCUT2D eigenvalue weighted by Gasteiger charge is 2.43. The number of aliphatic hydroxyl groups is 4. The zero-order valence-electron chi connectivity index (χ0n) is 11.0. The van der Waals surface area contributed by atoms with Gasteiger partial charge in [0, 0.05) is 12.4 Å². The van der Waals surface area contributed by atoms with Crippen LogP contribution in [0.3, 0.4) is 0 Å². The lowest BCUT2D eigenvalue weighted by molar-refractivity contribution is -0.238. The summed E-state index contributed by atoms with van der Waals surface area (Å²) in [6.45, 7) is -0.542. The van der Waals surface area contributed by atoms with Gasteiger partial charge in [0.05, 0.1) is 12.2 Å². The number of hydrogen-bond donors (Lipinski definition) is 6. The molecule has 1 aliphatic rings. The number of nitrogens with zero attached hydrogens (tertiary/aromatic N) is 1. The van der Waals surface area contributed by atoms with Crippen molar-refractivity contribution in [2.45, 2.75) is 30.6 Å². The number of carbonyl (C=O) groups is 1. The molecule has 0 aromatic carbocycles. The Morgan fingerprint density at radius 3 is 2.67 bits per heavy atom. The van der Waals surface area contributed by atoms with Crippen LogP contribution in [0.1, 0.15) is 10.4 Å². The average Bonchev–Trinajstić information content (AvgIpc) is 2.52. The topological polar surface area (TPSA) is 144 Å². The van der Waals surface area contributed by atoms with Gasteiger partial charge in [-0.05, 0) is 12.1 Å². The molecular formula is C12H17N3O6. The highest BCUT2D eigenvalue weighted by atomic mass is 16.6. The summed E-state index contributed by atoms with van der Waals surface area (Å²) in [6.07, 6.45) is -3.79. The van der Waals surface area contributed by atoms with Gasteiger partial charge in [-0.25, -0.2) is 5.43 Å². The van der Waals surface area contributed by atoms with Gasteiger partial charge in [-0.1, -0.05) is 0 Å². The molecule has 0 saturated carbocycles. The molecule has 2 heterocycles. The largest absolute Gasteiger partial charge is 0.394 e. The number of hydrogen-bond acceptors (Lipinski definition) is 8. The van der Waals surface area contributed by atoms with Crippen LogP contribution in [0.25, 0.3) is 0 Å². The van der Waals surface area contributed by atoms with Crippen LogP contribution in [0.4, 0.5) is 0 Å². The van der Waals surface area contributed by atoms with E-state index >= 15 is 0 Å². The van der Waals surface area contributed by atoms with Crippen molar-refractivity contribution >= 4 is 5.91 Å². The number of amides is 1. The van der Waals surface area contributed by atoms with E-state index in [1.165, 1.54) is 18.5 Å². The Morgan fingerprint density at radius 1 is 1.29 bits per heavy atom. The standard InChI is InChI=1S/C12H17N3O6/c16-5-7-8(17)9(18)10(19)12(21-7)15-14-11(20)6-2-1-3-13-4-6/h1-4,7-10,12,15-19H,5H2,(H,14,20)/t7-,8+,9+,10-,12+/m0/s1. The SMILES string of the molecule is O=C(NN[C@@H]1O[C@@H](CO)[C@@H](O)[C@@H](O)[C@@H]1O)c1cccnc1. The molecule has 9 heteroatoms. The lowest BCUT2D eigenvalue weighted by atomic mass is 9.99. The molecule has 116 valence electrons. The van der Waals surface area contributed by atoms with Crippen molar-refractivity contribution in [3.05, 3.63) is 30.1 Å². The molecule has 1 amide bonds. The zero-order valence-corrected chi connectivity index (χ0v) is 11.0. The van der Waals surface area contributed by atoms with E-state index in [2.05, 4.69) is 15.8 Å². The predicted octanol–water partition coefficient (Wildman–Crippen LogP) is -2.88. The fourth-order valence-corrected chi connectivity index (χ4v) is 1.93. The maximum atomic E-state index is 11.8. The van der Waals surface area contributed by atoms with E-state index in [0.717, 1.165) is 0 Å². The van der Waals surface area contributed by atoms with Gasteiger partial charge < -0.3 is 25.2 Å². The van der Waals surface area contributed by atoms with E-state index in [4.69, 9.17) is 9.84 Å². The van der Waals surface area contributed by atoms with E-state index < -0.39 is 43.2 Å². The minimum Gasteiger partial charge on any atom is -0.394 e. The Balaban J connectivity index is 1.94. The summed E-state index contributed by atoms with van der Waals surface area (Å²) in [6, 6.07) is 3.13. The number of aliphatic hydroxyl groups excluding tert-OH is 4. The first kappa shape index (κ1) is 15.8. The summed E-state index contributed by atoms with van der Waals surface area (Å²) in [5.41, 5.74) is 4.98. The molecule has 0 spiro atoms. The van der Waals surface area contributed by atoms with Crippen molar-refractivity contribution in [2.75, 3.05) is 6.61 Å². The molecule has 2 rings (SSSR count). The third kappa shape index (κ3) is 3.53. The fourth-order valence-electron chi connectivity index (χ4n) is 1.93. The van der Waals surface area contributed by atoms with Crippen molar-refractivity contribution < 1.29 is 30.0 Å². The molecule has 1 aliphatic heterocycles. The number of ether oxygens (including phenoxy) is 1. The number of aromatic nitrogens is 1. The monoisotopic (exact) mass is 299 g/mol. The number of rotatable bonds is 4. The van der Waals surface area contributed by atoms with Gasteiger partial charge in [-0.2, -0.15) is 0 Å². The lowest BCUT2D eigenvalue weighted by Crippen LogP contribution is -2.64. The normalized spacial score (nSPS) is 32.7. The van der Waals surface area contributed by atoms with E-state index in [-0.39, 0.29) is 5.56 Å². The number of pyridine rings is 1. The maximum Gasteiger partial charge on any atom is 0.267 e. The van der Waals surface area contributed by atoms with E-state index in [0.29, 0.717) is 0 Å². The summed E-state index contributed by atoms with van der Waals surface area (Å²) in [5.74, 6) is -0.514. The van der Waals surface area contributed by atoms with Gasteiger partial charge in [0.1, 0.15) is 24.4 Å². The van der Waals surface area contributed by atoms with Crippen LogP contribution in [0.2, 0.25) is 0 Å². The second kappa shape index (κ2) is 6.89. The molecule has 0 bridgehead atoms. The predicted molar refractivity (Wildman–Crippen MR) is 68.6 cm³/mol. The highest BCUT2D eigenvalue weighted by molar-refractivity contribution is 5.93. The summed E-state index contributed by atoms with van der Waals surface area (Å²) in [7, 11) is 0. The zero-order chi connectivity index (χ0) is 15.4. The van der Waals surface area contributed by atoms with Crippen LogP contribution in [0, 0.1) is 0 Å². The molecule has 1 aromatic rings. The van der Waals surface area contributed by atoms with Crippen molar-refractivity contribution in [3.63, 3.8) is 0 Å². The summed E-state index contributed by atoms with van der Waals surface area (Å²) < 4.78 is 5.17. The minimum absolute atomic E-state index is 0.287. The third-order valence-corrected chi connectivity index (χ3v) is 3.14. The first-order valence-electron chi connectivity index (χ1n) is 6.31. The average molecular weight is 299 g/mol. The summed E-state index contributed by atoms with van der Waals surface area (Å²) in [4.78, 5) is 15.6. The number of hydrazine groups is 1. The van der Waals surface area contributed by atoms with Crippen LogP contribution in [0.5, 0.6) is 0 Å². The molecule has 1 fully saturated rings. The molecule has 0 radical (unpaired) electrons. The Kier molecular flexibility index (Phi) is 5.17.